The summed E-state index contributed by atoms with van der Waals surface area (Å²) < 4.78 is 1.92. The van der Waals surface area contributed by atoms with Crippen molar-refractivity contribution in [3.63, 3.8) is 0 Å². The fraction of sp³-hybridized carbons (Fsp3) is 0.364. The quantitative estimate of drug-likeness (QED) is 0.754. The van der Waals surface area contributed by atoms with Gasteiger partial charge in [-0.05, 0) is 48.1 Å². The van der Waals surface area contributed by atoms with Crippen LogP contribution in [0.25, 0.3) is 11.1 Å². The van der Waals surface area contributed by atoms with E-state index in [0.29, 0.717) is 11.7 Å². The van der Waals surface area contributed by atoms with Gasteiger partial charge in [-0.1, -0.05) is 47.7 Å². The number of aliphatic hydroxyl groups is 1. The lowest BCUT2D eigenvalue weighted by molar-refractivity contribution is 0.172. The number of aliphatic hydroxyl groups excluding tert-OH is 1. The third-order valence-corrected chi connectivity index (χ3v) is 5.44. The number of piperidine rings is 1. The Balaban J connectivity index is 1.39. The summed E-state index contributed by atoms with van der Waals surface area (Å²) in [7, 11) is 0. The molecular formula is C22H26N4O. The number of likely N-dealkylation sites (tertiary alicyclic amines) is 1. The predicted molar refractivity (Wildman–Crippen MR) is 106 cm³/mol. The van der Waals surface area contributed by atoms with Gasteiger partial charge in [-0.25, -0.2) is 4.68 Å². The van der Waals surface area contributed by atoms with Crippen molar-refractivity contribution in [3.8, 4) is 11.1 Å². The molecule has 2 aromatic carbocycles. The summed E-state index contributed by atoms with van der Waals surface area (Å²) in [5.41, 5.74) is 5.91. The molecule has 3 aromatic rings. The van der Waals surface area contributed by atoms with Gasteiger partial charge < -0.3 is 5.11 Å². The minimum atomic E-state index is -0.0456. The first-order valence-electron chi connectivity index (χ1n) is 9.62. The summed E-state index contributed by atoms with van der Waals surface area (Å²) in [4.78, 5) is 2.51. The molecule has 0 radical (unpaired) electrons. The van der Waals surface area contributed by atoms with Crippen LogP contribution in [-0.2, 0) is 13.2 Å². The van der Waals surface area contributed by atoms with Gasteiger partial charge in [0.25, 0.3) is 0 Å². The highest BCUT2D eigenvalue weighted by Crippen LogP contribution is 2.26. The molecule has 1 aliphatic heterocycles. The maximum Gasteiger partial charge on any atom is 0.108 e. The summed E-state index contributed by atoms with van der Waals surface area (Å²) in [6.07, 6.45) is 3.99. The van der Waals surface area contributed by atoms with Gasteiger partial charge in [-0.15, -0.1) is 5.10 Å². The van der Waals surface area contributed by atoms with Gasteiger partial charge in [0.15, 0.2) is 0 Å². The molecule has 0 bridgehead atoms. The second kappa shape index (κ2) is 8.03. The second-order valence-electron chi connectivity index (χ2n) is 7.37. The molecule has 1 fully saturated rings. The molecule has 1 aromatic heterocycles. The topological polar surface area (TPSA) is 54.2 Å². The predicted octanol–water partition coefficient (Wildman–Crippen LogP) is 3.58. The molecule has 27 heavy (non-hydrogen) atoms. The smallest absolute Gasteiger partial charge is 0.108 e. The molecule has 5 heteroatoms. The number of benzene rings is 2. The maximum atomic E-state index is 9.15. The molecule has 0 spiro atoms. The minimum absolute atomic E-state index is 0.0456. The van der Waals surface area contributed by atoms with Crippen LogP contribution in [0.5, 0.6) is 0 Å². The molecule has 0 saturated carbocycles. The lowest BCUT2D eigenvalue weighted by Crippen LogP contribution is -2.34. The molecule has 2 heterocycles. The van der Waals surface area contributed by atoms with Crippen molar-refractivity contribution in [2.24, 2.45) is 0 Å². The van der Waals surface area contributed by atoms with Crippen molar-refractivity contribution in [3.05, 3.63) is 71.5 Å². The standard InChI is InChI=1S/C22H26N4O/c1-17-5-2-3-8-22(17)19-7-4-6-18(13-19)14-25-11-9-21(10-12-25)26-15-20(16-27)23-24-26/h2-8,13,15,21,27H,9-12,14,16H2,1H3. The zero-order chi connectivity index (χ0) is 18.6. The van der Waals surface area contributed by atoms with E-state index in [9.17, 15) is 0 Å². The van der Waals surface area contributed by atoms with Crippen LogP contribution in [0.1, 0.15) is 35.7 Å². The second-order valence-corrected chi connectivity index (χ2v) is 7.37. The summed E-state index contributed by atoms with van der Waals surface area (Å²) in [5.74, 6) is 0. The SMILES string of the molecule is Cc1ccccc1-c1cccc(CN2CCC(n3cc(CO)nn3)CC2)c1. The van der Waals surface area contributed by atoms with Crippen molar-refractivity contribution in [2.75, 3.05) is 13.1 Å². The van der Waals surface area contributed by atoms with Crippen LogP contribution in [0.15, 0.2) is 54.7 Å². The Bertz CT molecular complexity index is 897. The van der Waals surface area contributed by atoms with Gasteiger partial charge in [0.2, 0.25) is 0 Å². The molecule has 5 nitrogen and oxygen atoms in total. The van der Waals surface area contributed by atoms with E-state index in [4.69, 9.17) is 5.11 Å². The van der Waals surface area contributed by atoms with E-state index < -0.39 is 0 Å². The van der Waals surface area contributed by atoms with E-state index >= 15 is 0 Å². The molecular weight excluding hydrogens is 336 g/mol. The van der Waals surface area contributed by atoms with Gasteiger partial charge in [-0.3, -0.25) is 4.90 Å². The molecule has 1 aliphatic rings. The van der Waals surface area contributed by atoms with Gasteiger partial charge in [0, 0.05) is 19.6 Å². The number of aromatic nitrogens is 3. The van der Waals surface area contributed by atoms with Crippen LogP contribution >= 0.6 is 0 Å². The number of rotatable bonds is 5. The lowest BCUT2D eigenvalue weighted by atomic mass is 9.98. The third-order valence-electron chi connectivity index (χ3n) is 5.44. The monoisotopic (exact) mass is 362 g/mol. The zero-order valence-corrected chi connectivity index (χ0v) is 15.8. The first-order valence-corrected chi connectivity index (χ1v) is 9.62. The molecule has 140 valence electrons. The Morgan fingerprint density at radius 2 is 1.89 bits per heavy atom. The lowest BCUT2D eigenvalue weighted by Gasteiger charge is -2.31. The highest BCUT2D eigenvalue weighted by molar-refractivity contribution is 5.67. The van der Waals surface area contributed by atoms with Crippen molar-refractivity contribution < 1.29 is 5.11 Å². The van der Waals surface area contributed by atoms with Crippen LogP contribution in [0.3, 0.4) is 0 Å². The van der Waals surface area contributed by atoms with E-state index in [-0.39, 0.29) is 6.61 Å². The molecule has 1 N–H and O–H groups in total. The van der Waals surface area contributed by atoms with Crippen molar-refractivity contribution in [2.45, 2.75) is 39.0 Å². The van der Waals surface area contributed by atoms with Gasteiger partial charge in [0.1, 0.15) is 5.69 Å². The van der Waals surface area contributed by atoms with Crippen LogP contribution in [0.2, 0.25) is 0 Å². The number of hydrogen-bond acceptors (Lipinski definition) is 4. The maximum absolute atomic E-state index is 9.15. The molecule has 0 amide bonds. The largest absolute Gasteiger partial charge is 0.390 e. The third kappa shape index (κ3) is 4.10. The van der Waals surface area contributed by atoms with E-state index in [1.54, 1.807) is 0 Å². The van der Waals surface area contributed by atoms with Crippen LogP contribution in [0.4, 0.5) is 0 Å². The molecule has 4 rings (SSSR count). The first-order chi connectivity index (χ1) is 13.2. The van der Waals surface area contributed by atoms with Crippen molar-refractivity contribution >= 4 is 0 Å². The Labute approximate surface area is 160 Å². The minimum Gasteiger partial charge on any atom is -0.390 e. The van der Waals surface area contributed by atoms with E-state index in [1.165, 1.54) is 22.3 Å². The van der Waals surface area contributed by atoms with Crippen LogP contribution < -0.4 is 0 Å². The highest BCUT2D eigenvalue weighted by Gasteiger charge is 2.21. The number of aryl methyl sites for hydroxylation is 1. The molecule has 0 aliphatic carbocycles. The summed E-state index contributed by atoms with van der Waals surface area (Å²) >= 11 is 0. The normalized spacial score (nSPS) is 15.9. The molecule has 1 saturated heterocycles. The van der Waals surface area contributed by atoms with Crippen molar-refractivity contribution in [1.29, 1.82) is 0 Å². The summed E-state index contributed by atoms with van der Waals surface area (Å²) in [6, 6.07) is 17.8. The van der Waals surface area contributed by atoms with Gasteiger partial charge >= 0.3 is 0 Å². The Morgan fingerprint density at radius 3 is 2.63 bits per heavy atom. The Hall–Kier alpha value is -2.50. The van der Waals surface area contributed by atoms with Crippen LogP contribution in [-0.4, -0.2) is 38.1 Å². The van der Waals surface area contributed by atoms with Crippen LogP contribution in [0, 0.1) is 6.92 Å². The van der Waals surface area contributed by atoms with Gasteiger partial charge in [0.05, 0.1) is 18.8 Å². The average Bonchev–Trinajstić information content (AvgIpc) is 3.18. The summed E-state index contributed by atoms with van der Waals surface area (Å²) in [5, 5.41) is 17.3. The van der Waals surface area contributed by atoms with E-state index in [0.717, 1.165) is 32.5 Å². The number of nitrogens with zero attached hydrogens (tertiary/aromatic N) is 4. The fourth-order valence-electron chi connectivity index (χ4n) is 3.90. The summed E-state index contributed by atoms with van der Waals surface area (Å²) in [6.45, 7) is 5.20. The Kier molecular flexibility index (Phi) is 5.32. The van der Waals surface area contributed by atoms with Gasteiger partial charge in [-0.2, -0.15) is 0 Å². The highest BCUT2D eigenvalue weighted by atomic mass is 16.3. The number of hydrogen-bond donors (Lipinski definition) is 1. The Morgan fingerprint density at radius 1 is 1.07 bits per heavy atom. The van der Waals surface area contributed by atoms with Crippen molar-refractivity contribution in [1.82, 2.24) is 19.9 Å². The molecule has 0 unspecified atom stereocenters. The fourth-order valence-corrected chi connectivity index (χ4v) is 3.90. The van der Waals surface area contributed by atoms with E-state index in [1.807, 2.05) is 10.9 Å². The molecule has 0 atom stereocenters. The first kappa shape index (κ1) is 17.9. The zero-order valence-electron chi connectivity index (χ0n) is 15.8. The van der Waals surface area contributed by atoms with E-state index in [2.05, 4.69) is 70.7 Å². The average molecular weight is 362 g/mol.